The first-order valence-electron chi connectivity index (χ1n) is 7.46. The monoisotopic (exact) mass is 308 g/mol. The lowest BCUT2D eigenvalue weighted by molar-refractivity contribution is -0.526. The average molecular weight is 308 g/mol. The molecule has 4 aliphatic rings. The Kier molecular flexibility index (Phi) is 3.14. The molecule has 120 valence electrons. The van der Waals surface area contributed by atoms with Crippen molar-refractivity contribution in [3.05, 3.63) is 35.4 Å². The van der Waals surface area contributed by atoms with Gasteiger partial charge >= 0.3 is 5.97 Å². The molecule has 1 aromatic carbocycles. The van der Waals surface area contributed by atoms with Crippen molar-refractivity contribution in [3.8, 4) is 0 Å². The minimum absolute atomic E-state index is 0.286. The van der Waals surface area contributed by atoms with Crippen molar-refractivity contribution in [2.75, 3.05) is 20.8 Å². The van der Waals surface area contributed by atoms with Crippen molar-refractivity contribution in [2.45, 2.75) is 43.2 Å². The van der Waals surface area contributed by atoms with E-state index < -0.39 is 17.4 Å². The number of hydrogen-bond acceptors (Lipinski definition) is 6. The average Bonchev–Trinajstić information content (AvgIpc) is 2.80. The standard InChI is InChI=1S/C16H20O6/c1-14-9-8-13-15(10-19-14,22-21-14)11-6-4-5-7-12(11)16(17-2,18-3)20-13/h4-7,13H,8-10H2,1-3H3/t13-,14+,15+/m1/s1. The van der Waals surface area contributed by atoms with Gasteiger partial charge in [0, 0.05) is 31.8 Å². The number of methoxy groups -OCH3 is 2. The van der Waals surface area contributed by atoms with Gasteiger partial charge in [-0.25, -0.2) is 9.78 Å². The van der Waals surface area contributed by atoms with E-state index in [1.165, 1.54) is 0 Å². The summed E-state index contributed by atoms with van der Waals surface area (Å²) in [5.74, 6) is -1.97. The third-order valence-electron chi connectivity index (χ3n) is 4.89. The summed E-state index contributed by atoms with van der Waals surface area (Å²) in [6, 6.07) is 7.76. The highest BCUT2D eigenvalue weighted by Gasteiger charge is 2.62. The number of benzene rings is 1. The van der Waals surface area contributed by atoms with Crippen LogP contribution in [0.4, 0.5) is 0 Å². The Labute approximate surface area is 129 Å². The molecule has 3 fully saturated rings. The lowest BCUT2D eigenvalue weighted by Crippen LogP contribution is -2.58. The molecule has 0 N–H and O–H groups in total. The SMILES string of the molecule is COC1(OC)O[C@@H]2CC[C@@]3(C)OC[C@]2(OO3)c2ccccc21. The van der Waals surface area contributed by atoms with E-state index in [0.29, 0.717) is 13.0 Å². The molecule has 2 bridgehead atoms. The molecule has 1 aromatic rings. The van der Waals surface area contributed by atoms with E-state index in [4.69, 9.17) is 28.7 Å². The largest absolute Gasteiger partial charge is 0.344 e. The molecule has 3 saturated heterocycles. The van der Waals surface area contributed by atoms with Gasteiger partial charge in [0.15, 0.2) is 11.4 Å². The molecule has 22 heavy (non-hydrogen) atoms. The molecule has 0 aliphatic carbocycles. The molecule has 0 radical (unpaired) electrons. The second-order valence-corrected chi connectivity index (χ2v) is 6.13. The van der Waals surface area contributed by atoms with Crippen molar-refractivity contribution in [3.63, 3.8) is 0 Å². The van der Waals surface area contributed by atoms with Crippen molar-refractivity contribution in [1.29, 1.82) is 0 Å². The summed E-state index contributed by atoms with van der Waals surface area (Å²) < 4.78 is 23.3. The van der Waals surface area contributed by atoms with E-state index in [9.17, 15) is 0 Å². The molecule has 6 nitrogen and oxygen atoms in total. The van der Waals surface area contributed by atoms with Gasteiger partial charge in [-0.1, -0.05) is 24.3 Å². The van der Waals surface area contributed by atoms with Gasteiger partial charge in [-0.3, -0.25) is 0 Å². The molecule has 6 heteroatoms. The maximum absolute atomic E-state index is 6.22. The summed E-state index contributed by atoms with van der Waals surface area (Å²) in [4.78, 5) is 11.4. The first-order valence-corrected chi connectivity index (χ1v) is 7.46. The van der Waals surface area contributed by atoms with Crippen LogP contribution in [-0.2, 0) is 40.3 Å². The Morgan fingerprint density at radius 2 is 1.82 bits per heavy atom. The Hall–Kier alpha value is -1.02. The fraction of sp³-hybridized carbons (Fsp3) is 0.625. The van der Waals surface area contributed by atoms with E-state index in [-0.39, 0.29) is 6.10 Å². The minimum atomic E-state index is -1.24. The molecular weight excluding hydrogens is 288 g/mol. The van der Waals surface area contributed by atoms with E-state index in [2.05, 4.69) is 0 Å². The zero-order valence-electron chi connectivity index (χ0n) is 13.0. The number of ether oxygens (including phenoxy) is 4. The second kappa shape index (κ2) is 4.74. The first kappa shape index (κ1) is 14.6. The number of rotatable bonds is 2. The molecule has 4 aliphatic heterocycles. The van der Waals surface area contributed by atoms with Crippen molar-refractivity contribution < 1.29 is 28.7 Å². The van der Waals surface area contributed by atoms with Gasteiger partial charge in [0.05, 0.1) is 6.61 Å². The fourth-order valence-electron chi connectivity index (χ4n) is 3.58. The van der Waals surface area contributed by atoms with Crippen LogP contribution in [0.15, 0.2) is 24.3 Å². The summed E-state index contributed by atoms with van der Waals surface area (Å²) in [6.07, 6.45) is 1.11. The van der Waals surface area contributed by atoms with E-state index in [0.717, 1.165) is 17.5 Å². The van der Waals surface area contributed by atoms with Crippen LogP contribution in [0.3, 0.4) is 0 Å². The van der Waals surface area contributed by atoms with Crippen LogP contribution in [0.2, 0.25) is 0 Å². The van der Waals surface area contributed by atoms with Crippen LogP contribution in [-0.4, -0.2) is 32.7 Å². The molecular formula is C16H20O6. The normalized spacial score (nSPS) is 39.0. The Balaban J connectivity index is 1.90. The fourth-order valence-corrected chi connectivity index (χ4v) is 3.58. The molecule has 0 unspecified atom stereocenters. The van der Waals surface area contributed by atoms with Crippen LogP contribution in [0.25, 0.3) is 0 Å². The lowest BCUT2D eigenvalue weighted by Gasteiger charge is -2.49. The summed E-state index contributed by atoms with van der Waals surface area (Å²) in [5.41, 5.74) is 0.889. The van der Waals surface area contributed by atoms with Gasteiger partial charge in [0.2, 0.25) is 0 Å². The summed E-state index contributed by atoms with van der Waals surface area (Å²) >= 11 is 0. The van der Waals surface area contributed by atoms with Gasteiger partial charge in [-0.15, -0.1) is 0 Å². The Morgan fingerprint density at radius 3 is 2.45 bits per heavy atom. The predicted octanol–water partition coefficient (Wildman–Crippen LogP) is 2.17. The number of hydrogen-bond donors (Lipinski definition) is 0. The maximum Gasteiger partial charge on any atom is 0.312 e. The highest BCUT2D eigenvalue weighted by atomic mass is 17.3. The first-order chi connectivity index (χ1) is 10.6. The summed E-state index contributed by atoms with van der Waals surface area (Å²) in [7, 11) is 3.14. The van der Waals surface area contributed by atoms with E-state index in [1.807, 2.05) is 31.2 Å². The zero-order chi connectivity index (χ0) is 15.4. The lowest BCUT2D eigenvalue weighted by atomic mass is 9.81. The van der Waals surface area contributed by atoms with Gasteiger partial charge in [-0.05, 0) is 13.3 Å². The molecule has 0 aromatic heterocycles. The van der Waals surface area contributed by atoms with Crippen molar-refractivity contribution in [1.82, 2.24) is 0 Å². The van der Waals surface area contributed by atoms with Crippen LogP contribution in [0.5, 0.6) is 0 Å². The molecule has 5 rings (SSSR count). The Morgan fingerprint density at radius 1 is 1.09 bits per heavy atom. The Bertz CT molecular complexity index is 574. The minimum Gasteiger partial charge on any atom is -0.344 e. The zero-order valence-corrected chi connectivity index (χ0v) is 13.0. The van der Waals surface area contributed by atoms with E-state index >= 15 is 0 Å². The summed E-state index contributed by atoms with van der Waals surface area (Å²) in [5, 5.41) is 0. The number of fused-ring (bicyclic) bond motifs is 4. The molecule has 4 heterocycles. The van der Waals surface area contributed by atoms with E-state index in [1.54, 1.807) is 14.2 Å². The van der Waals surface area contributed by atoms with Crippen molar-refractivity contribution in [2.24, 2.45) is 0 Å². The molecule has 0 saturated carbocycles. The van der Waals surface area contributed by atoms with Crippen molar-refractivity contribution >= 4 is 0 Å². The highest BCUT2D eigenvalue weighted by Crippen LogP contribution is 2.53. The smallest absolute Gasteiger partial charge is 0.312 e. The van der Waals surface area contributed by atoms with Crippen LogP contribution >= 0.6 is 0 Å². The quantitative estimate of drug-likeness (QED) is 0.616. The third kappa shape index (κ3) is 1.76. The second-order valence-electron chi connectivity index (χ2n) is 6.13. The third-order valence-corrected chi connectivity index (χ3v) is 4.89. The highest BCUT2D eigenvalue weighted by molar-refractivity contribution is 5.39. The van der Waals surface area contributed by atoms with Gasteiger partial charge in [0.1, 0.15) is 6.10 Å². The van der Waals surface area contributed by atoms with Gasteiger partial charge in [0.25, 0.3) is 0 Å². The maximum atomic E-state index is 6.22. The molecule has 0 amide bonds. The van der Waals surface area contributed by atoms with Crippen LogP contribution in [0, 0.1) is 0 Å². The van der Waals surface area contributed by atoms with Crippen LogP contribution < -0.4 is 0 Å². The predicted molar refractivity (Wildman–Crippen MR) is 74.5 cm³/mol. The molecule has 1 spiro atoms. The summed E-state index contributed by atoms with van der Waals surface area (Å²) in [6.45, 7) is 2.25. The van der Waals surface area contributed by atoms with Gasteiger partial charge in [-0.2, -0.15) is 0 Å². The van der Waals surface area contributed by atoms with Gasteiger partial charge < -0.3 is 18.9 Å². The topological polar surface area (TPSA) is 55.4 Å². The van der Waals surface area contributed by atoms with Crippen LogP contribution in [0.1, 0.15) is 30.9 Å². The molecule has 3 atom stereocenters.